The molecule has 2 atom stereocenters. The molecule has 0 saturated carbocycles. The van der Waals surface area contributed by atoms with Crippen LogP contribution < -0.4 is 4.72 Å². The molecule has 4 aromatic rings. The van der Waals surface area contributed by atoms with Crippen molar-refractivity contribution in [3.05, 3.63) is 102 Å². The number of amides is 1. The van der Waals surface area contributed by atoms with E-state index in [9.17, 15) is 26.4 Å². The van der Waals surface area contributed by atoms with E-state index in [1.807, 2.05) is 11.8 Å². The zero-order chi connectivity index (χ0) is 28.6. The minimum atomic E-state index is -3.93. The lowest BCUT2D eigenvalue weighted by atomic mass is 10.0. The molecule has 2 heterocycles. The molecule has 208 valence electrons. The van der Waals surface area contributed by atoms with Crippen LogP contribution in [0.15, 0.2) is 77.8 Å². The zero-order valence-electron chi connectivity index (χ0n) is 21.8. The summed E-state index contributed by atoms with van der Waals surface area (Å²) in [5.74, 6) is -3.39. The predicted octanol–water partition coefficient (Wildman–Crippen LogP) is 5.36. The summed E-state index contributed by atoms with van der Waals surface area (Å²) in [4.78, 5) is 21.1. The van der Waals surface area contributed by atoms with Crippen molar-refractivity contribution in [1.82, 2.24) is 14.8 Å². The molecule has 1 unspecified atom stereocenters. The lowest BCUT2D eigenvalue weighted by molar-refractivity contribution is 0.0401. The van der Waals surface area contributed by atoms with Gasteiger partial charge in [-0.3, -0.25) is 19.4 Å². The second kappa shape index (κ2) is 10.9. The summed E-state index contributed by atoms with van der Waals surface area (Å²) < 4.78 is 70.1. The number of pyridine rings is 1. The average Bonchev–Trinajstić information content (AvgIpc) is 2.94. The summed E-state index contributed by atoms with van der Waals surface area (Å²) in [5.41, 5.74) is 1.10. The Balaban J connectivity index is 1.26. The third kappa shape index (κ3) is 5.39. The minimum absolute atomic E-state index is 0.0509. The minimum Gasteiger partial charge on any atom is -0.333 e. The van der Waals surface area contributed by atoms with Crippen molar-refractivity contribution in [2.45, 2.75) is 30.8 Å². The molecule has 0 bridgehead atoms. The highest BCUT2D eigenvalue weighted by atomic mass is 32.2. The van der Waals surface area contributed by atoms with Gasteiger partial charge >= 0.3 is 0 Å². The Morgan fingerprint density at radius 2 is 1.68 bits per heavy atom. The van der Waals surface area contributed by atoms with Gasteiger partial charge in [0, 0.05) is 66.2 Å². The number of aromatic nitrogens is 1. The smallest absolute Gasteiger partial charge is 0.264 e. The Hall–Kier alpha value is -3.96. The van der Waals surface area contributed by atoms with Gasteiger partial charge in [-0.25, -0.2) is 21.6 Å². The maximum absolute atomic E-state index is 14.3. The Morgan fingerprint density at radius 3 is 2.40 bits per heavy atom. The van der Waals surface area contributed by atoms with Gasteiger partial charge in [0.05, 0.1) is 5.52 Å². The third-order valence-corrected chi connectivity index (χ3v) is 8.64. The van der Waals surface area contributed by atoms with E-state index in [1.165, 1.54) is 24.4 Å². The number of para-hydroxylation sites is 1. The molecule has 1 N–H and O–H groups in total. The number of anilines is 1. The molecule has 0 spiro atoms. The molecule has 0 radical (unpaired) electrons. The third-order valence-electron chi connectivity index (χ3n) is 7.23. The summed E-state index contributed by atoms with van der Waals surface area (Å²) in [6, 6.07) is 15.3. The van der Waals surface area contributed by atoms with E-state index < -0.39 is 33.5 Å². The maximum Gasteiger partial charge on any atom is 0.264 e. The first-order chi connectivity index (χ1) is 19.0. The van der Waals surface area contributed by atoms with Gasteiger partial charge < -0.3 is 4.90 Å². The number of hydrogen-bond acceptors (Lipinski definition) is 5. The second-order valence-corrected chi connectivity index (χ2v) is 11.5. The summed E-state index contributed by atoms with van der Waals surface area (Å²) in [6.07, 6.45) is 1.53. The maximum atomic E-state index is 14.3. The highest BCUT2D eigenvalue weighted by molar-refractivity contribution is 7.93. The summed E-state index contributed by atoms with van der Waals surface area (Å²) in [6.45, 7) is 4.74. The number of fused-ring (bicyclic) bond motifs is 1. The Morgan fingerprint density at radius 1 is 0.975 bits per heavy atom. The van der Waals surface area contributed by atoms with Gasteiger partial charge in [0.25, 0.3) is 15.9 Å². The standard InChI is InChI=1S/C29H27F3N4O3S/c1-18-17-35(19(2)23-15-25(31)26(32)16-24(23)30)13-14-36(18)29(37)21-8-10-22(11-9-21)34-40(38,39)27-7-3-5-20-6-4-12-33-28(20)27/h3-12,15-16,18-19,34H,13-14,17H2,1-2H3/t18-,19?/m0/s1. The molecule has 40 heavy (non-hydrogen) atoms. The normalized spacial score (nSPS) is 17.1. The van der Waals surface area contributed by atoms with E-state index >= 15 is 0 Å². The molecule has 3 aromatic carbocycles. The quantitative estimate of drug-likeness (QED) is 0.317. The molecule has 7 nitrogen and oxygen atoms in total. The molecule has 1 amide bonds. The SMILES string of the molecule is CC(c1cc(F)c(F)cc1F)N1CCN(C(=O)c2ccc(NS(=O)(=O)c3cccc4cccnc34)cc2)[C@@H](C)C1. The molecule has 1 aromatic heterocycles. The van der Waals surface area contributed by atoms with Gasteiger partial charge in [-0.15, -0.1) is 0 Å². The van der Waals surface area contributed by atoms with Gasteiger partial charge in [-0.05, 0) is 56.3 Å². The number of piperazine rings is 1. The average molecular weight is 569 g/mol. The van der Waals surface area contributed by atoms with Crippen molar-refractivity contribution >= 4 is 32.5 Å². The fourth-order valence-corrected chi connectivity index (χ4v) is 6.28. The van der Waals surface area contributed by atoms with Crippen molar-refractivity contribution < 1.29 is 26.4 Å². The number of nitrogens with one attached hydrogen (secondary N) is 1. The van der Waals surface area contributed by atoms with Gasteiger partial charge in [0.2, 0.25) is 0 Å². The number of halogens is 3. The van der Waals surface area contributed by atoms with Crippen LogP contribution in [0, 0.1) is 17.5 Å². The Bertz CT molecular complexity index is 1680. The topological polar surface area (TPSA) is 82.6 Å². The Kier molecular flexibility index (Phi) is 7.52. The van der Waals surface area contributed by atoms with Crippen molar-refractivity contribution in [2.24, 2.45) is 0 Å². The van der Waals surface area contributed by atoms with Gasteiger partial charge in [-0.1, -0.05) is 18.2 Å². The molecule has 1 aliphatic rings. The number of rotatable bonds is 6. The molecule has 1 saturated heterocycles. The number of carbonyl (C=O) groups excluding carboxylic acids is 1. The van der Waals surface area contributed by atoms with Crippen LogP contribution in [0.5, 0.6) is 0 Å². The van der Waals surface area contributed by atoms with Gasteiger partial charge in [0.15, 0.2) is 11.6 Å². The molecule has 0 aliphatic carbocycles. The summed E-state index contributed by atoms with van der Waals surface area (Å²) in [7, 11) is -3.93. The van der Waals surface area contributed by atoms with E-state index in [0.29, 0.717) is 47.9 Å². The van der Waals surface area contributed by atoms with Crippen molar-refractivity contribution in [1.29, 1.82) is 0 Å². The van der Waals surface area contributed by atoms with Crippen LogP contribution in [0.4, 0.5) is 18.9 Å². The largest absolute Gasteiger partial charge is 0.333 e. The van der Waals surface area contributed by atoms with E-state index in [2.05, 4.69) is 9.71 Å². The monoisotopic (exact) mass is 568 g/mol. The number of sulfonamides is 1. The van der Waals surface area contributed by atoms with E-state index in [4.69, 9.17) is 0 Å². The second-order valence-electron chi connectivity index (χ2n) is 9.82. The summed E-state index contributed by atoms with van der Waals surface area (Å²) in [5, 5.41) is 0.699. The van der Waals surface area contributed by atoms with Gasteiger partial charge in [-0.2, -0.15) is 0 Å². The zero-order valence-corrected chi connectivity index (χ0v) is 22.6. The summed E-state index contributed by atoms with van der Waals surface area (Å²) >= 11 is 0. The number of benzene rings is 3. The van der Waals surface area contributed by atoms with Crippen LogP contribution in [0.1, 0.15) is 35.8 Å². The fraction of sp³-hybridized carbons (Fsp3) is 0.241. The van der Waals surface area contributed by atoms with Crippen LogP contribution in [-0.2, 0) is 10.0 Å². The van der Waals surface area contributed by atoms with E-state index in [-0.39, 0.29) is 22.4 Å². The van der Waals surface area contributed by atoms with Crippen LogP contribution >= 0.6 is 0 Å². The van der Waals surface area contributed by atoms with Crippen LogP contribution in [0.2, 0.25) is 0 Å². The molecule has 1 fully saturated rings. The highest BCUT2D eigenvalue weighted by Gasteiger charge is 2.32. The van der Waals surface area contributed by atoms with E-state index in [1.54, 1.807) is 48.2 Å². The molecule has 1 aliphatic heterocycles. The number of carbonyl (C=O) groups is 1. The fourth-order valence-electron chi connectivity index (χ4n) is 5.04. The molecular weight excluding hydrogens is 541 g/mol. The van der Waals surface area contributed by atoms with Crippen molar-refractivity contribution in [3.63, 3.8) is 0 Å². The Labute approximate surface area is 230 Å². The van der Waals surface area contributed by atoms with Gasteiger partial charge in [0.1, 0.15) is 10.7 Å². The lowest BCUT2D eigenvalue weighted by Crippen LogP contribution is -2.54. The van der Waals surface area contributed by atoms with E-state index in [0.717, 1.165) is 6.07 Å². The molecular formula is C29H27F3N4O3S. The first-order valence-electron chi connectivity index (χ1n) is 12.7. The molecule has 5 rings (SSSR count). The van der Waals surface area contributed by atoms with Crippen LogP contribution in [0.3, 0.4) is 0 Å². The van der Waals surface area contributed by atoms with Crippen molar-refractivity contribution in [3.8, 4) is 0 Å². The first kappa shape index (κ1) is 27.6. The molecule has 11 heteroatoms. The predicted molar refractivity (Wildman–Crippen MR) is 146 cm³/mol. The first-order valence-corrected chi connectivity index (χ1v) is 14.2. The lowest BCUT2D eigenvalue weighted by Gasteiger charge is -2.42. The van der Waals surface area contributed by atoms with Crippen LogP contribution in [-0.4, -0.2) is 54.8 Å². The highest BCUT2D eigenvalue weighted by Crippen LogP contribution is 2.28. The number of nitrogens with zero attached hydrogens (tertiary/aromatic N) is 3. The number of hydrogen-bond donors (Lipinski definition) is 1. The van der Waals surface area contributed by atoms with Crippen LogP contribution in [0.25, 0.3) is 10.9 Å². The van der Waals surface area contributed by atoms with Crippen molar-refractivity contribution in [2.75, 3.05) is 24.4 Å².